The van der Waals surface area contributed by atoms with E-state index in [-0.39, 0.29) is 24.0 Å². The van der Waals surface area contributed by atoms with Crippen LogP contribution in [-0.2, 0) is 9.59 Å². The highest BCUT2D eigenvalue weighted by Crippen LogP contribution is 2.25. The van der Waals surface area contributed by atoms with E-state index in [0.29, 0.717) is 30.0 Å². The molecule has 146 valence electrons. The maximum Gasteiger partial charge on any atom is 0.270 e. The molecule has 2 heterocycles. The van der Waals surface area contributed by atoms with Crippen molar-refractivity contribution in [3.8, 4) is 11.3 Å². The molecule has 3 rings (SSSR count). The van der Waals surface area contributed by atoms with Gasteiger partial charge in [-0.1, -0.05) is 18.6 Å². The predicted octanol–water partition coefficient (Wildman–Crippen LogP) is 2.71. The highest BCUT2D eigenvalue weighted by molar-refractivity contribution is 5.86. The van der Waals surface area contributed by atoms with Crippen molar-refractivity contribution in [1.29, 1.82) is 0 Å². The Morgan fingerprint density at radius 3 is 2.96 bits per heavy atom. The first kappa shape index (κ1) is 19.3. The molecule has 1 N–H and O–H groups in total. The van der Waals surface area contributed by atoms with E-state index in [4.69, 9.17) is 4.42 Å². The van der Waals surface area contributed by atoms with Crippen LogP contribution in [0.3, 0.4) is 0 Å². The van der Waals surface area contributed by atoms with Gasteiger partial charge in [0.2, 0.25) is 5.91 Å². The first-order chi connectivity index (χ1) is 13.5. The minimum Gasteiger partial charge on any atom is -0.455 e. The third kappa shape index (κ3) is 5.03. The molecule has 1 aliphatic heterocycles. The molecule has 1 aromatic heterocycles. The van der Waals surface area contributed by atoms with E-state index in [2.05, 4.69) is 10.5 Å². The minimum atomic E-state index is -0.473. The van der Waals surface area contributed by atoms with Crippen LogP contribution in [0.25, 0.3) is 11.3 Å². The molecule has 0 bridgehead atoms. The van der Waals surface area contributed by atoms with E-state index >= 15 is 0 Å². The number of rotatable bonds is 6. The van der Waals surface area contributed by atoms with Crippen LogP contribution < -0.4 is 5.43 Å². The lowest BCUT2D eigenvalue weighted by atomic mass is 10.1. The number of non-ortho nitro benzene ring substituents is 1. The fraction of sp³-hybridized carbons (Fsp3) is 0.316. The number of nitrogens with one attached hydrogen (secondary N) is 1. The van der Waals surface area contributed by atoms with Gasteiger partial charge in [-0.15, -0.1) is 0 Å². The highest BCUT2D eigenvalue weighted by atomic mass is 16.6. The van der Waals surface area contributed by atoms with Crippen LogP contribution in [0, 0.1) is 10.1 Å². The first-order valence-electron chi connectivity index (χ1n) is 8.97. The van der Waals surface area contributed by atoms with Crippen LogP contribution >= 0.6 is 0 Å². The molecule has 9 nitrogen and oxygen atoms in total. The van der Waals surface area contributed by atoms with Gasteiger partial charge in [-0.05, 0) is 25.0 Å². The monoisotopic (exact) mass is 384 g/mol. The fourth-order valence-electron chi connectivity index (χ4n) is 2.93. The molecule has 1 aromatic carbocycles. The number of hydrogen-bond donors (Lipinski definition) is 1. The molecule has 2 aromatic rings. The van der Waals surface area contributed by atoms with Crippen LogP contribution in [0.15, 0.2) is 45.9 Å². The zero-order valence-corrected chi connectivity index (χ0v) is 15.2. The lowest BCUT2D eigenvalue weighted by Gasteiger charge is -2.18. The van der Waals surface area contributed by atoms with Crippen molar-refractivity contribution in [2.24, 2.45) is 5.10 Å². The average Bonchev–Trinajstić information content (AvgIpc) is 3.06. The van der Waals surface area contributed by atoms with Gasteiger partial charge in [-0.2, -0.15) is 5.10 Å². The molecule has 9 heteroatoms. The molecule has 0 spiro atoms. The number of hydrazone groups is 1. The van der Waals surface area contributed by atoms with Crippen molar-refractivity contribution in [3.05, 3.63) is 52.3 Å². The number of likely N-dealkylation sites (tertiary alicyclic amines) is 1. The van der Waals surface area contributed by atoms with Crippen molar-refractivity contribution in [3.63, 3.8) is 0 Å². The number of hydrogen-bond acceptors (Lipinski definition) is 6. The normalized spacial score (nSPS) is 14.9. The Morgan fingerprint density at radius 1 is 1.29 bits per heavy atom. The first-order valence-corrected chi connectivity index (χ1v) is 8.97. The van der Waals surface area contributed by atoms with Crippen LogP contribution in [0.2, 0.25) is 0 Å². The summed E-state index contributed by atoms with van der Waals surface area (Å²) in [5.41, 5.74) is 2.92. The van der Waals surface area contributed by atoms with Gasteiger partial charge in [-0.3, -0.25) is 19.7 Å². The molecule has 1 fully saturated rings. The third-order valence-corrected chi connectivity index (χ3v) is 4.36. The van der Waals surface area contributed by atoms with Crippen LogP contribution in [0.5, 0.6) is 0 Å². The molecule has 0 atom stereocenters. The zero-order chi connectivity index (χ0) is 19.9. The Bertz CT molecular complexity index is 905. The summed E-state index contributed by atoms with van der Waals surface area (Å²) in [6.45, 7) is 0.563. The van der Waals surface area contributed by atoms with Gasteiger partial charge in [0.05, 0.1) is 11.1 Å². The molecule has 1 saturated heterocycles. The van der Waals surface area contributed by atoms with Gasteiger partial charge in [0.1, 0.15) is 18.1 Å². The molecule has 0 radical (unpaired) electrons. The average molecular weight is 384 g/mol. The van der Waals surface area contributed by atoms with E-state index in [0.717, 1.165) is 19.3 Å². The summed E-state index contributed by atoms with van der Waals surface area (Å²) in [6, 6.07) is 9.40. The summed E-state index contributed by atoms with van der Waals surface area (Å²) < 4.78 is 5.58. The van der Waals surface area contributed by atoms with Gasteiger partial charge >= 0.3 is 0 Å². The van der Waals surface area contributed by atoms with Gasteiger partial charge in [0.15, 0.2) is 0 Å². The third-order valence-electron chi connectivity index (χ3n) is 4.36. The Kier molecular flexibility index (Phi) is 6.15. The molecular formula is C19H20N4O5. The number of nitro groups is 1. The Hall–Kier alpha value is -3.49. The lowest BCUT2D eigenvalue weighted by Crippen LogP contribution is -2.39. The number of carbonyl (C=O) groups excluding carboxylic acids is 2. The van der Waals surface area contributed by atoms with Crippen LogP contribution in [0.1, 0.15) is 31.4 Å². The second kappa shape index (κ2) is 8.94. The number of nitrogens with zero attached hydrogens (tertiary/aromatic N) is 3. The van der Waals surface area contributed by atoms with Crippen molar-refractivity contribution >= 4 is 23.7 Å². The van der Waals surface area contributed by atoms with Crippen LogP contribution in [0.4, 0.5) is 5.69 Å². The summed E-state index contributed by atoms with van der Waals surface area (Å²) in [5.74, 6) is 0.445. The zero-order valence-electron chi connectivity index (χ0n) is 15.2. The van der Waals surface area contributed by atoms with Crippen molar-refractivity contribution < 1.29 is 18.9 Å². The second-order valence-electron chi connectivity index (χ2n) is 6.43. The minimum absolute atomic E-state index is 0.00994. The molecule has 2 amide bonds. The standard InChI is InChI=1S/C19H20N4O5/c24-18(13-22-10-3-1-2-7-19(22)25)21-20-12-16-8-9-17(28-16)14-5-4-6-15(11-14)23(26)27/h4-6,8-9,11-12H,1-3,7,10,13H2,(H,21,24)/b20-12-. The SMILES string of the molecule is O=C(CN1CCCCCC1=O)N/N=C\c1ccc(-c2cccc([N+](=O)[O-])c2)o1. The second-order valence-corrected chi connectivity index (χ2v) is 6.43. The predicted molar refractivity (Wildman–Crippen MR) is 102 cm³/mol. The van der Waals surface area contributed by atoms with E-state index in [1.54, 1.807) is 29.2 Å². The Morgan fingerprint density at radius 2 is 2.14 bits per heavy atom. The molecule has 28 heavy (non-hydrogen) atoms. The summed E-state index contributed by atoms with van der Waals surface area (Å²) in [7, 11) is 0. The Balaban J connectivity index is 1.56. The molecule has 0 unspecified atom stereocenters. The topological polar surface area (TPSA) is 118 Å². The number of furan rings is 1. The van der Waals surface area contributed by atoms with Gasteiger partial charge < -0.3 is 9.32 Å². The van der Waals surface area contributed by atoms with E-state index in [9.17, 15) is 19.7 Å². The lowest BCUT2D eigenvalue weighted by molar-refractivity contribution is -0.384. The van der Waals surface area contributed by atoms with Crippen molar-refractivity contribution in [1.82, 2.24) is 10.3 Å². The molecule has 1 aliphatic rings. The van der Waals surface area contributed by atoms with Gasteiger partial charge in [0.25, 0.3) is 11.6 Å². The summed E-state index contributed by atoms with van der Waals surface area (Å²) in [6.07, 6.45) is 4.56. The van der Waals surface area contributed by atoms with Gasteiger partial charge in [0, 0.05) is 30.7 Å². The number of amides is 2. The summed E-state index contributed by atoms with van der Waals surface area (Å²) in [5, 5.41) is 14.7. The molecule has 0 aliphatic carbocycles. The maximum atomic E-state index is 12.0. The quantitative estimate of drug-likeness (QED) is 0.467. The van der Waals surface area contributed by atoms with Crippen molar-refractivity contribution in [2.75, 3.05) is 13.1 Å². The summed E-state index contributed by atoms with van der Waals surface area (Å²) >= 11 is 0. The number of nitro benzene ring substituents is 1. The molecule has 0 saturated carbocycles. The highest BCUT2D eigenvalue weighted by Gasteiger charge is 2.18. The van der Waals surface area contributed by atoms with Crippen LogP contribution in [-0.4, -0.2) is 40.9 Å². The number of carbonyl (C=O) groups is 2. The summed E-state index contributed by atoms with van der Waals surface area (Å²) in [4.78, 5) is 35.8. The largest absolute Gasteiger partial charge is 0.455 e. The maximum absolute atomic E-state index is 12.0. The van der Waals surface area contributed by atoms with Crippen molar-refractivity contribution in [2.45, 2.75) is 25.7 Å². The van der Waals surface area contributed by atoms with Gasteiger partial charge in [-0.25, -0.2) is 5.43 Å². The number of benzene rings is 1. The smallest absolute Gasteiger partial charge is 0.270 e. The van der Waals surface area contributed by atoms with E-state index < -0.39 is 4.92 Å². The van der Waals surface area contributed by atoms with E-state index in [1.165, 1.54) is 18.3 Å². The Labute approximate surface area is 161 Å². The fourth-order valence-corrected chi connectivity index (χ4v) is 2.93. The van der Waals surface area contributed by atoms with E-state index in [1.807, 2.05) is 0 Å². The molecular weight excluding hydrogens is 364 g/mol.